The fourth-order valence-electron chi connectivity index (χ4n) is 4.49. The Hall–Kier alpha value is -4.43. The summed E-state index contributed by atoms with van der Waals surface area (Å²) in [5.41, 5.74) is 0.972. The number of amides is 1. The van der Waals surface area contributed by atoms with Crippen molar-refractivity contribution in [3.8, 4) is 11.6 Å². The van der Waals surface area contributed by atoms with Crippen molar-refractivity contribution < 1.29 is 41.4 Å². The van der Waals surface area contributed by atoms with Gasteiger partial charge in [-0.2, -0.15) is 0 Å². The van der Waals surface area contributed by atoms with Gasteiger partial charge in [-0.05, 0) is 48.1 Å². The van der Waals surface area contributed by atoms with Crippen LogP contribution in [0.15, 0.2) is 72.3 Å². The zero-order chi connectivity index (χ0) is 29.0. The van der Waals surface area contributed by atoms with Crippen molar-refractivity contribution in [1.29, 1.82) is 0 Å². The predicted molar refractivity (Wildman–Crippen MR) is 141 cm³/mol. The van der Waals surface area contributed by atoms with Crippen molar-refractivity contribution >= 4 is 26.7 Å². The van der Waals surface area contributed by atoms with Gasteiger partial charge in [0, 0.05) is 36.5 Å². The van der Waals surface area contributed by atoms with E-state index in [1.807, 2.05) is 6.92 Å². The Kier molecular flexibility index (Phi) is 8.21. The van der Waals surface area contributed by atoms with Crippen molar-refractivity contribution in [2.45, 2.75) is 29.7 Å². The molecule has 1 fully saturated rings. The van der Waals surface area contributed by atoms with E-state index in [-0.39, 0.29) is 41.8 Å². The highest BCUT2D eigenvalue weighted by atomic mass is 32.2. The van der Waals surface area contributed by atoms with Gasteiger partial charge in [-0.3, -0.25) is 9.42 Å². The zero-order valence-corrected chi connectivity index (χ0v) is 22.9. The fraction of sp³-hybridized carbons (Fsp3) is 0.333. The summed E-state index contributed by atoms with van der Waals surface area (Å²) in [6, 6.07) is 12.3. The second-order valence-corrected chi connectivity index (χ2v) is 11.1. The lowest BCUT2D eigenvalue weighted by Gasteiger charge is -2.26. The van der Waals surface area contributed by atoms with Crippen LogP contribution >= 0.6 is 0 Å². The van der Waals surface area contributed by atoms with Crippen LogP contribution in [0.3, 0.4) is 0 Å². The normalized spacial score (nSPS) is 13.8. The van der Waals surface area contributed by atoms with Crippen LogP contribution in [0.4, 0.5) is 0 Å². The third-order valence-electron chi connectivity index (χ3n) is 6.66. The number of fused-ring (bicyclic) bond motifs is 1. The molecule has 4 aromatic rings. The summed E-state index contributed by atoms with van der Waals surface area (Å²) in [6.07, 6.45) is 0.466. The van der Waals surface area contributed by atoms with E-state index in [2.05, 4.69) is 9.79 Å². The van der Waals surface area contributed by atoms with Gasteiger partial charge in [-0.15, -0.1) is 0 Å². The monoisotopic (exact) mass is 585 g/mol. The molecule has 0 spiro atoms. The first-order valence-corrected chi connectivity index (χ1v) is 14.3. The molecule has 216 valence electrons. The molecule has 1 aliphatic heterocycles. The summed E-state index contributed by atoms with van der Waals surface area (Å²) in [7, 11) is -4.24. The maximum atomic E-state index is 12.8. The minimum Gasteiger partial charge on any atom is -0.490 e. The van der Waals surface area contributed by atoms with E-state index in [0.29, 0.717) is 48.6 Å². The summed E-state index contributed by atoms with van der Waals surface area (Å²) >= 11 is 0. The molecule has 0 atom stereocenters. The Bertz CT molecular complexity index is 1710. The summed E-state index contributed by atoms with van der Waals surface area (Å²) < 4.78 is 52.0. The summed E-state index contributed by atoms with van der Waals surface area (Å²) in [4.78, 5) is 26.6. The molecule has 41 heavy (non-hydrogen) atoms. The van der Waals surface area contributed by atoms with Gasteiger partial charge in [0.1, 0.15) is 24.5 Å². The quantitative estimate of drug-likeness (QED) is 0.151. The van der Waals surface area contributed by atoms with Crippen molar-refractivity contribution in [1.82, 2.24) is 10.1 Å². The smallest absolute Gasteiger partial charge is 0.415 e. The zero-order valence-electron chi connectivity index (χ0n) is 22.1. The Morgan fingerprint density at radius 1 is 1.10 bits per heavy atom. The van der Waals surface area contributed by atoms with Gasteiger partial charge in [-0.25, -0.2) is 13.2 Å². The second kappa shape index (κ2) is 12.0. The van der Waals surface area contributed by atoms with Crippen LogP contribution in [0, 0.1) is 12.1 Å². The number of ether oxygens (including phenoxy) is 3. The molecule has 1 saturated heterocycles. The number of carbonyl (C=O) groups is 1. The van der Waals surface area contributed by atoms with Gasteiger partial charge in [0.15, 0.2) is 0 Å². The lowest BCUT2D eigenvalue weighted by molar-refractivity contribution is -0.832. The van der Waals surface area contributed by atoms with Gasteiger partial charge < -0.3 is 28.7 Å². The van der Waals surface area contributed by atoms with Gasteiger partial charge in [0.05, 0.1) is 23.3 Å². The highest BCUT2D eigenvalue weighted by molar-refractivity contribution is 7.91. The van der Waals surface area contributed by atoms with Crippen molar-refractivity contribution in [3.05, 3.63) is 75.3 Å². The molecular formula is C27H27N3O10S. The van der Waals surface area contributed by atoms with E-state index >= 15 is 0 Å². The van der Waals surface area contributed by atoms with Gasteiger partial charge in [0.25, 0.3) is 9.84 Å². The van der Waals surface area contributed by atoms with Crippen LogP contribution in [-0.2, 0) is 25.8 Å². The average molecular weight is 586 g/mol. The first-order chi connectivity index (χ1) is 19.8. The number of sulfone groups is 1. The molecular weight excluding hydrogens is 558 g/mol. The molecule has 14 heteroatoms. The molecule has 1 amide bonds. The van der Waals surface area contributed by atoms with Crippen LogP contribution in [0.2, 0.25) is 0 Å². The van der Waals surface area contributed by atoms with Crippen LogP contribution in [0.25, 0.3) is 11.0 Å². The predicted octanol–water partition coefficient (Wildman–Crippen LogP) is 1.80. The number of hydrogen-bond acceptors (Lipinski definition) is 11. The standard InChI is InChI=1S/C27H27N3O10S/c1-18-21-8-7-19(17-23(21)39-27(32)22(18)9-10-24(31)29-11-13-36-14-12-29)37-15-16-38-25-26(30(33)40-28-25)41(34,35)20-5-3-2-4-6-20/h2-8,17H,9-16H2,1H3. The molecule has 0 aliphatic carbocycles. The van der Waals surface area contributed by atoms with Crippen LogP contribution in [0.5, 0.6) is 11.6 Å². The number of benzene rings is 2. The van der Waals surface area contributed by atoms with E-state index in [9.17, 15) is 23.2 Å². The fourth-order valence-corrected chi connectivity index (χ4v) is 5.79. The Morgan fingerprint density at radius 2 is 1.83 bits per heavy atom. The average Bonchev–Trinajstić information content (AvgIpc) is 3.36. The molecule has 0 radical (unpaired) electrons. The number of rotatable bonds is 10. The molecule has 0 bridgehead atoms. The number of nitrogens with zero attached hydrogens (tertiary/aromatic N) is 3. The van der Waals surface area contributed by atoms with Crippen molar-refractivity contribution in [3.63, 3.8) is 0 Å². The van der Waals surface area contributed by atoms with E-state index in [0.717, 1.165) is 5.56 Å². The Labute approximate surface area is 234 Å². The molecule has 1 aliphatic rings. The maximum absolute atomic E-state index is 12.8. The number of carbonyl (C=O) groups excluding carboxylic acids is 1. The SMILES string of the molecule is Cc1c(CCC(=O)N2CCOCC2)c(=O)oc2cc(OCCOc3no[n+]([O-])c3S(=O)(=O)c3ccccc3)ccc12. The minimum atomic E-state index is -4.24. The van der Waals surface area contributed by atoms with E-state index in [1.165, 1.54) is 24.3 Å². The lowest BCUT2D eigenvalue weighted by Crippen LogP contribution is -2.40. The molecule has 0 saturated carbocycles. The highest BCUT2D eigenvalue weighted by Crippen LogP contribution is 2.26. The molecule has 3 heterocycles. The molecule has 2 aromatic heterocycles. The lowest BCUT2D eigenvalue weighted by atomic mass is 10.0. The largest absolute Gasteiger partial charge is 0.490 e. The first kappa shape index (κ1) is 28.1. The Morgan fingerprint density at radius 3 is 2.59 bits per heavy atom. The van der Waals surface area contributed by atoms with E-state index in [4.69, 9.17) is 18.6 Å². The third kappa shape index (κ3) is 6.02. The number of hydrogen-bond donors (Lipinski definition) is 0. The number of aryl methyl sites for hydroxylation is 1. The van der Waals surface area contributed by atoms with Crippen LogP contribution in [0.1, 0.15) is 17.5 Å². The summed E-state index contributed by atoms with van der Waals surface area (Å²) in [6.45, 7) is 3.71. The number of aromatic nitrogens is 2. The van der Waals surface area contributed by atoms with Crippen LogP contribution in [-0.4, -0.2) is 63.9 Å². The van der Waals surface area contributed by atoms with Gasteiger partial charge in [-0.1, -0.05) is 18.2 Å². The van der Waals surface area contributed by atoms with E-state index < -0.39 is 26.4 Å². The molecule has 2 aromatic carbocycles. The van der Waals surface area contributed by atoms with Crippen molar-refractivity contribution in [2.75, 3.05) is 39.5 Å². The minimum absolute atomic E-state index is 0.0290. The third-order valence-corrected chi connectivity index (χ3v) is 8.38. The molecule has 0 N–H and O–H groups in total. The first-order valence-electron chi connectivity index (χ1n) is 12.8. The van der Waals surface area contributed by atoms with Gasteiger partial charge in [0.2, 0.25) is 5.91 Å². The summed E-state index contributed by atoms with van der Waals surface area (Å²) in [5.74, 6) is -0.152. The maximum Gasteiger partial charge on any atom is 0.415 e. The molecule has 0 unspecified atom stereocenters. The second-order valence-electron chi connectivity index (χ2n) is 9.20. The molecule has 13 nitrogen and oxygen atoms in total. The topological polar surface area (TPSA) is 165 Å². The summed E-state index contributed by atoms with van der Waals surface area (Å²) in [5, 5.41) is 15.4. The highest BCUT2D eigenvalue weighted by Gasteiger charge is 2.35. The van der Waals surface area contributed by atoms with Gasteiger partial charge >= 0.3 is 16.5 Å². The molecule has 5 rings (SSSR count). The van der Waals surface area contributed by atoms with Crippen molar-refractivity contribution in [2.24, 2.45) is 0 Å². The van der Waals surface area contributed by atoms with Crippen LogP contribution < -0.4 is 20.0 Å². The van der Waals surface area contributed by atoms with E-state index in [1.54, 1.807) is 29.2 Å². The number of morpholine rings is 1. The Balaban J connectivity index is 1.22.